The minimum Gasteiger partial charge on any atom is -0.464 e. The van der Waals surface area contributed by atoms with E-state index in [9.17, 15) is 18.8 Å². The number of hydrogen-bond donors (Lipinski definition) is 1. The smallest absolute Gasteiger partial charge is 0.408 e. The third-order valence-electron chi connectivity index (χ3n) is 2.49. The summed E-state index contributed by atoms with van der Waals surface area (Å²) in [7, 11) is 0. The average Bonchev–Trinajstić information content (AvgIpc) is 2.44. The van der Waals surface area contributed by atoms with Crippen LogP contribution in [-0.2, 0) is 19.1 Å². The Bertz CT molecular complexity index is 614. The Morgan fingerprint density at radius 2 is 2.08 bits per heavy atom. The van der Waals surface area contributed by atoms with E-state index in [0.29, 0.717) is 0 Å². The van der Waals surface area contributed by atoms with Crippen LogP contribution in [0.4, 0.5) is 9.18 Å². The Kier molecular flexibility index (Phi) is 6.63. The van der Waals surface area contributed by atoms with Crippen LogP contribution in [0.15, 0.2) is 12.3 Å². The number of esters is 1. The highest BCUT2D eigenvalue weighted by atomic mass is 19.1. The Morgan fingerprint density at radius 3 is 2.58 bits per heavy atom. The van der Waals surface area contributed by atoms with Gasteiger partial charge in [-0.15, -0.1) is 0 Å². The number of carbonyl (C=O) groups is 3. The molecular weight excluding hydrogens is 323 g/mol. The van der Waals surface area contributed by atoms with Crippen LogP contribution in [0.5, 0.6) is 5.75 Å². The number of aromatic nitrogens is 1. The summed E-state index contributed by atoms with van der Waals surface area (Å²) < 4.78 is 28.5. The van der Waals surface area contributed by atoms with E-state index < -0.39 is 35.2 Å². The lowest BCUT2D eigenvalue weighted by Crippen LogP contribution is -2.39. The molecule has 0 radical (unpaired) electrons. The molecule has 0 aliphatic rings. The lowest BCUT2D eigenvalue weighted by molar-refractivity contribution is -0.146. The van der Waals surface area contributed by atoms with Gasteiger partial charge in [0.05, 0.1) is 12.8 Å². The van der Waals surface area contributed by atoms with Crippen molar-refractivity contribution in [1.29, 1.82) is 0 Å². The SMILES string of the molecule is CCOC(=O)C(NC(=O)OC(C)(C)C)c1ncc(OC=O)cc1F. The van der Waals surface area contributed by atoms with Crippen molar-refractivity contribution < 1.29 is 33.0 Å². The molecule has 1 amide bonds. The molecule has 1 unspecified atom stereocenters. The standard InChI is InChI=1S/C15H19FN2O6/c1-5-22-13(20)12(18-14(21)24-15(2,3)4)11-10(16)6-9(7-17-11)23-8-19/h6-8,12H,5H2,1-4H3,(H,18,21). The van der Waals surface area contributed by atoms with Gasteiger partial charge >= 0.3 is 12.1 Å². The first-order chi connectivity index (χ1) is 11.2. The van der Waals surface area contributed by atoms with Crippen molar-refractivity contribution in [2.45, 2.75) is 39.3 Å². The number of nitrogens with zero attached hydrogens (tertiary/aromatic N) is 1. The van der Waals surface area contributed by atoms with Crippen molar-refractivity contribution >= 4 is 18.5 Å². The summed E-state index contributed by atoms with van der Waals surface area (Å²) in [5, 5.41) is 2.22. The number of amides is 1. The van der Waals surface area contributed by atoms with E-state index in [4.69, 9.17) is 9.47 Å². The molecule has 9 heteroatoms. The summed E-state index contributed by atoms with van der Waals surface area (Å²) in [6.07, 6.45) is 0.102. The fraction of sp³-hybridized carbons (Fsp3) is 0.467. The predicted molar refractivity (Wildman–Crippen MR) is 79.6 cm³/mol. The normalized spacial score (nSPS) is 12.0. The summed E-state index contributed by atoms with van der Waals surface area (Å²) in [4.78, 5) is 37.9. The topological polar surface area (TPSA) is 104 Å². The summed E-state index contributed by atoms with van der Waals surface area (Å²) in [5.74, 6) is -2.01. The van der Waals surface area contributed by atoms with Crippen molar-refractivity contribution in [3.05, 3.63) is 23.8 Å². The van der Waals surface area contributed by atoms with Crippen LogP contribution < -0.4 is 10.1 Å². The highest BCUT2D eigenvalue weighted by Gasteiger charge is 2.30. The third kappa shape index (κ3) is 5.82. The van der Waals surface area contributed by atoms with Crippen molar-refractivity contribution in [3.8, 4) is 5.75 Å². The van der Waals surface area contributed by atoms with E-state index in [1.54, 1.807) is 27.7 Å². The zero-order valence-electron chi connectivity index (χ0n) is 13.8. The first-order valence-corrected chi connectivity index (χ1v) is 7.09. The van der Waals surface area contributed by atoms with Crippen molar-refractivity contribution in [2.75, 3.05) is 6.61 Å². The second-order valence-electron chi connectivity index (χ2n) is 5.58. The molecule has 24 heavy (non-hydrogen) atoms. The molecule has 1 rings (SSSR count). The van der Waals surface area contributed by atoms with Crippen LogP contribution >= 0.6 is 0 Å². The van der Waals surface area contributed by atoms with Gasteiger partial charge in [-0.1, -0.05) is 0 Å². The zero-order chi connectivity index (χ0) is 18.3. The Balaban J connectivity index is 3.08. The lowest BCUT2D eigenvalue weighted by Gasteiger charge is -2.22. The monoisotopic (exact) mass is 342 g/mol. The van der Waals surface area contributed by atoms with E-state index in [1.165, 1.54) is 0 Å². The zero-order valence-corrected chi connectivity index (χ0v) is 13.8. The largest absolute Gasteiger partial charge is 0.464 e. The van der Waals surface area contributed by atoms with Gasteiger partial charge < -0.3 is 19.5 Å². The van der Waals surface area contributed by atoms with Crippen LogP contribution in [0.3, 0.4) is 0 Å². The van der Waals surface area contributed by atoms with Gasteiger partial charge in [-0.2, -0.15) is 0 Å². The van der Waals surface area contributed by atoms with Gasteiger partial charge in [0, 0.05) is 6.07 Å². The first-order valence-electron chi connectivity index (χ1n) is 7.09. The van der Waals surface area contributed by atoms with Gasteiger partial charge in [-0.3, -0.25) is 9.78 Å². The van der Waals surface area contributed by atoms with Crippen LogP contribution in [-0.4, -0.2) is 35.7 Å². The number of alkyl carbamates (subject to hydrolysis) is 1. The molecule has 132 valence electrons. The summed E-state index contributed by atoms with van der Waals surface area (Å²) in [6.45, 7) is 6.60. The van der Waals surface area contributed by atoms with Gasteiger partial charge in [0.25, 0.3) is 6.47 Å². The molecule has 1 heterocycles. The Morgan fingerprint density at radius 1 is 1.42 bits per heavy atom. The molecule has 8 nitrogen and oxygen atoms in total. The number of halogens is 1. The van der Waals surface area contributed by atoms with Gasteiger partial charge in [-0.25, -0.2) is 14.0 Å². The molecule has 0 aliphatic carbocycles. The maximum absolute atomic E-state index is 14.2. The first kappa shape index (κ1) is 19.3. The van der Waals surface area contributed by atoms with Crippen molar-refractivity contribution in [1.82, 2.24) is 10.3 Å². The number of nitrogens with one attached hydrogen (secondary N) is 1. The van der Waals surface area contributed by atoms with E-state index in [0.717, 1.165) is 12.3 Å². The quantitative estimate of drug-likeness (QED) is 0.622. The third-order valence-corrected chi connectivity index (χ3v) is 2.49. The summed E-state index contributed by atoms with van der Waals surface area (Å²) in [5.41, 5.74) is -1.20. The van der Waals surface area contributed by atoms with Crippen LogP contribution in [0, 0.1) is 5.82 Å². The molecule has 0 aromatic carbocycles. The summed E-state index contributed by atoms with van der Waals surface area (Å²) >= 11 is 0. The highest BCUT2D eigenvalue weighted by molar-refractivity contribution is 5.82. The number of pyridine rings is 1. The van der Waals surface area contributed by atoms with Gasteiger partial charge in [0.2, 0.25) is 0 Å². The van der Waals surface area contributed by atoms with E-state index in [1.807, 2.05) is 0 Å². The van der Waals surface area contributed by atoms with Gasteiger partial charge in [-0.05, 0) is 27.7 Å². The molecule has 1 aromatic heterocycles. The predicted octanol–water partition coefficient (Wildman–Crippen LogP) is 1.88. The second kappa shape index (κ2) is 8.23. The van der Waals surface area contributed by atoms with Crippen molar-refractivity contribution in [2.24, 2.45) is 0 Å². The minimum absolute atomic E-state index is 0.0271. The molecule has 1 N–H and O–H groups in total. The number of rotatable bonds is 6. The lowest BCUT2D eigenvalue weighted by atomic mass is 10.1. The average molecular weight is 342 g/mol. The molecule has 0 bridgehead atoms. The van der Waals surface area contributed by atoms with Gasteiger partial charge in [0.15, 0.2) is 17.6 Å². The summed E-state index contributed by atoms with van der Waals surface area (Å²) in [6, 6.07) is -0.648. The highest BCUT2D eigenvalue weighted by Crippen LogP contribution is 2.21. The van der Waals surface area contributed by atoms with E-state index in [-0.39, 0.29) is 18.8 Å². The fourth-order valence-electron chi connectivity index (χ4n) is 1.65. The Labute approximate surface area is 138 Å². The van der Waals surface area contributed by atoms with Crippen LogP contribution in [0.2, 0.25) is 0 Å². The molecule has 0 fully saturated rings. The van der Waals surface area contributed by atoms with Crippen molar-refractivity contribution in [3.63, 3.8) is 0 Å². The Hall–Kier alpha value is -2.71. The maximum atomic E-state index is 14.2. The van der Waals surface area contributed by atoms with E-state index in [2.05, 4.69) is 15.0 Å². The molecule has 1 aromatic rings. The van der Waals surface area contributed by atoms with Crippen LogP contribution in [0.25, 0.3) is 0 Å². The molecule has 0 saturated heterocycles. The molecule has 0 aliphatic heterocycles. The second-order valence-corrected chi connectivity index (χ2v) is 5.58. The minimum atomic E-state index is -1.51. The maximum Gasteiger partial charge on any atom is 0.408 e. The molecular formula is C15H19FN2O6. The van der Waals surface area contributed by atoms with Crippen LogP contribution in [0.1, 0.15) is 39.4 Å². The molecule has 0 spiro atoms. The number of hydrogen-bond acceptors (Lipinski definition) is 7. The van der Waals surface area contributed by atoms with E-state index >= 15 is 0 Å². The molecule has 0 saturated carbocycles. The van der Waals surface area contributed by atoms with Gasteiger partial charge in [0.1, 0.15) is 11.3 Å². The number of ether oxygens (including phenoxy) is 3. The fourth-order valence-corrected chi connectivity index (χ4v) is 1.65. The number of carbonyl (C=O) groups excluding carboxylic acids is 3. The molecule has 1 atom stereocenters.